The van der Waals surface area contributed by atoms with E-state index in [0.29, 0.717) is 11.3 Å². The highest BCUT2D eigenvalue weighted by Gasteiger charge is 2.09. The van der Waals surface area contributed by atoms with Gasteiger partial charge in [-0.15, -0.1) is 0 Å². The molecule has 1 N–H and O–H groups in total. The SMILES string of the molecule is COc1ccc(C(=O)OCC(C)CO)cc1. The van der Waals surface area contributed by atoms with Crippen LogP contribution in [0.3, 0.4) is 0 Å². The summed E-state index contributed by atoms with van der Waals surface area (Å²) in [5.41, 5.74) is 0.478. The van der Waals surface area contributed by atoms with Crippen LogP contribution < -0.4 is 4.74 Å². The third kappa shape index (κ3) is 3.55. The molecule has 1 aromatic rings. The van der Waals surface area contributed by atoms with Crippen molar-refractivity contribution in [2.24, 2.45) is 5.92 Å². The zero-order valence-electron chi connectivity index (χ0n) is 9.47. The Balaban J connectivity index is 2.52. The van der Waals surface area contributed by atoms with Crippen LogP contribution >= 0.6 is 0 Å². The molecule has 0 aliphatic carbocycles. The van der Waals surface area contributed by atoms with E-state index in [1.165, 1.54) is 0 Å². The van der Waals surface area contributed by atoms with E-state index in [1.54, 1.807) is 38.3 Å². The number of aliphatic hydroxyl groups excluding tert-OH is 1. The summed E-state index contributed by atoms with van der Waals surface area (Å²) in [5.74, 6) is 0.269. The lowest BCUT2D eigenvalue weighted by Gasteiger charge is -2.09. The Morgan fingerprint density at radius 1 is 1.38 bits per heavy atom. The van der Waals surface area contributed by atoms with E-state index in [-0.39, 0.29) is 25.1 Å². The first-order chi connectivity index (χ1) is 7.67. The fourth-order valence-electron chi connectivity index (χ4n) is 1.08. The average Bonchev–Trinajstić information content (AvgIpc) is 2.35. The van der Waals surface area contributed by atoms with Gasteiger partial charge in [0.2, 0.25) is 0 Å². The van der Waals surface area contributed by atoms with Crippen LogP contribution in [0.25, 0.3) is 0 Å². The van der Waals surface area contributed by atoms with Crippen molar-refractivity contribution >= 4 is 5.97 Å². The van der Waals surface area contributed by atoms with Gasteiger partial charge >= 0.3 is 5.97 Å². The van der Waals surface area contributed by atoms with Gasteiger partial charge < -0.3 is 14.6 Å². The third-order valence-corrected chi connectivity index (χ3v) is 2.14. The molecule has 0 bridgehead atoms. The number of hydrogen-bond donors (Lipinski definition) is 1. The summed E-state index contributed by atoms with van der Waals surface area (Å²) in [6.45, 7) is 2.04. The molecule has 0 spiro atoms. The maximum atomic E-state index is 11.5. The summed E-state index contributed by atoms with van der Waals surface area (Å²) in [4.78, 5) is 11.5. The molecule has 1 rings (SSSR count). The Morgan fingerprint density at radius 2 is 2.00 bits per heavy atom. The van der Waals surface area contributed by atoms with E-state index in [0.717, 1.165) is 0 Å². The van der Waals surface area contributed by atoms with Crippen LogP contribution in [0.2, 0.25) is 0 Å². The first kappa shape index (κ1) is 12.5. The molecule has 0 saturated carbocycles. The van der Waals surface area contributed by atoms with Crippen molar-refractivity contribution in [3.8, 4) is 5.75 Å². The Kier molecular flexibility index (Phi) is 4.79. The monoisotopic (exact) mass is 224 g/mol. The lowest BCUT2D eigenvalue weighted by Crippen LogP contribution is -2.14. The van der Waals surface area contributed by atoms with Crippen LogP contribution in [-0.2, 0) is 4.74 Å². The second-order valence-electron chi connectivity index (χ2n) is 3.61. The predicted octanol–water partition coefficient (Wildman–Crippen LogP) is 1.48. The minimum absolute atomic E-state index is 0.00981. The maximum Gasteiger partial charge on any atom is 0.338 e. The minimum Gasteiger partial charge on any atom is -0.497 e. The lowest BCUT2D eigenvalue weighted by atomic mass is 10.2. The van der Waals surface area contributed by atoms with E-state index in [1.807, 2.05) is 0 Å². The fourth-order valence-corrected chi connectivity index (χ4v) is 1.08. The predicted molar refractivity (Wildman–Crippen MR) is 59.5 cm³/mol. The molecule has 0 aliphatic heterocycles. The number of carbonyl (C=O) groups excluding carboxylic acids is 1. The Bertz CT molecular complexity index is 331. The van der Waals surface area contributed by atoms with Crippen molar-refractivity contribution in [2.75, 3.05) is 20.3 Å². The molecule has 1 aromatic carbocycles. The molecule has 0 amide bonds. The number of aliphatic hydroxyl groups is 1. The molecule has 4 heteroatoms. The molecule has 4 nitrogen and oxygen atoms in total. The van der Waals surface area contributed by atoms with E-state index >= 15 is 0 Å². The molecule has 88 valence electrons. The number of carbonyl (C=O) groups is 1. The molecule has 0 fully saturated rings. The topological polar surface area (TPSA) is 55.8 Å². The van der Waals surface area contributed by atoms with Gasteiger partial charge in [0.15, 0.2) is 0 Å². The number of methoxy groups -OCH3 is 1. The number of ether oxygens (including phenoxy) is 2. The summed E-state index contributed by atoms with van der Waals surface area (Å²) >= 11 is 0. The first-order valence-electron chi connectivity index (χ1n) is 5.09. The standard InChI is InChI=1S/C12H16O4/c1-9(7-13)8-16-12(14)10-3-5-11(15-2)6-4-10/h3-6,9,13H,7-8H2,1-2H3. The summed E-state index contributed by atoms with van der Waals surface area (Å²) in [7, 11) is 1.57. The number of hydrogen-bond acceptors (Lipinski definition) is 4. The molecule has 0 aliphatic rings. The first-order valence-corrected chi connectivity index (χ1v) is 5.09. The normalized spacial score (nSPS) is 11.9. The zero-order chi connectivity index (χ0) is 12.0. The van der Waals surface area contributed by atoms with Gasteiger partial charge in [0, 0.05) is 12.5 Å². The Hall–Kier alpha value is -1.55. The minimum atomic E-state index is -0.386. The molecular formula is C12H16O4. The van der Waals surface area contributed by atoms with Crippen LogP contribution in [-0.4, -0.2) is 31.4 Å². The van der Waals surface area contributed by atoms with E-state index < -0.39 is 0 Å². The second kappa shape index (κ2) is 6.12. The van der Waals surface area contributed by atoms with Gasteiger partial charge in [-0.25, -0.2) is 4.79 Å². The van der Waals surface area contributed by atoms with E-state index in [2.05, 4.69) is 0 Å². The maximum absolute atomic E-state index is 11.5. The highest BCUT2D eigenvalue weighted by atomic mass is 16.5. The van der Waals surface area contributed by atoms with Gasteiger partial charge in [-0.1, -0.05) is 6.92 Å². The van der Waals surface area contributed by atoms with Crippen molar-refractivity contribution in [2.45, 2.75) is 6.92 Å². The van der Waals surface area contributed by atoms with E-state index in [4.69, 9.17) is 14.6 Å². The largest absolute Gasteiger partial charge is 0.497 e. The molecule has 1 unspecified atom stereocenters. The van der Waals surface area contributed by atoms with E-state index in [9.17, 15) is 4.79 Å². The van der Waals surface area contributed by atoms with Crippen molar-refractivity contribution in [3.63, 3.8) is 0 Å². The van der Waals surface area contributed by atoms with Gasteiger partial charge in [-0.05, 0) is 24.3 Å². The fraction of sp³-hybridized carbons (Fsp3) is 0.417. The average molecular weight is 224 g/mol. The van der Waals surface area contributed by atoms with Crippen molar-refractivity contribution < 1.29 is 19.4 Å². The van der Waals surface area contributed by atoms with Crippen LogP contribution in [0.5, 0.6) is 5.75 Å². The van der Waals surface area contributed by atoms with Crippen LogP contribution in [0.15, 0.2) is 24.3 Å². The van der Waals surface area contributed by atoms with Gasteiger partial charge in [0.05, 0.1) is 19.3 Å². The highest BCUT2D eigenvalue weighted by Crippen LogP contribution is 2.12. The lowest BCUT2D eigenvalue weighted by molar-refractivity contribution is 0.0405. The summed E-state index contributed by atoms with van der Waals surface area (Å²) < 4.78 is 9.99. The quantitative estimate of drug-likeness (QED) is 0.770. The summed E-state index contributed by atoms with van der Waals surface area (Å²) in [5, 5.41) is 8.78. The van der Waals surface area contributed by atoms with Crippen molar-refractivity contribution in [3.05, 3.63) is 29.8 Å². The number of rotatable bonds is 5. The molecule has 0 radical (unpaired) electrons. The van der Waals surface area contributed by atoms with Gasteiger partial charge in [0.1, 0.15) is 5.75 Å². The zero-order valence-corrected chi connectivity index (χ0v) is 9.47. The Morgan fingerprint density at radius 3 is 2.50 bits per heavy atom. The molecule has 16 heavy (non-hydrogen) atoms. The van der Waals surface area contributed by atoms with Crippen molar-refractivity contribution in [1.82, 2.24) is 0 Å². The third-order valence-electron chi connectivity index (χ3n) is 2.14. The molecule has 1 atom stereocenters. The van der Waals surface area contributed by atoms with Gasteiger partial charge in [-0.2, -0.15) is 0 Å². The summed E-state index contributed by atoms with van der Waals surface area (Å²) in [6, 6.07) is 6.69. The van der Waals surface area contributed by atoms with Crippen LogP contribution in [0, 0.1) is 5.92 Å². The van der Waals surface area contributed by atoms with Gasteiger partial charge in [-0.3, -0.25) is 0 Å². The molecule has 0 aromatic heterocycles. The Labute approximate surface area is 94.8 Å². The summed E-state index contributed by atoms with van der Waals surface area (Å²) in [6.07, 6.45) is 0. The number of benzene rings is 1. The molecular weight excluding hydrogens is 208 g/mol. The smallest absolute Gasteiger partial charge is 0.338 e. The van der Waals surface area contributed by atoms with Crippen molar-refractivity contribution in [1.29, 1.82) is 0 Å². The number of esters is 1. The highest BCUT2D eigenvalue weighted by molar-refractivity contribution is 5.89. The molecule has 0 heterocycles. The molecule has 0 saturated heterocycles. The van der Waals surface area contributed by atoms with Gasteiger partial charge in [0.25, 0.3) is 0 Å². The van der Waals surface area contributed by atoms with Crippen LogP contribution in [0.4, 0.5) is 0 Å². The second-order valence-corrected chi connectivity index (χ2v) is 3.61. The van der Waals surface area contributed by atoms with Crippen LogP contribution in [0.1, 0.15) is 17.3 Å².